The molecule has 4 N–H and O–H groups in total. The lowest BCUT2D eigenvalue weighted by Crippen LogP contribution is -2.67. The smallest absolute Gasteiger partial charge is 0.330 e. The van der Waals surface area contributed by atoms with Crippen LogP contribution in [-0.2, 0) is 6.61 Å². The van der Waals surface area contributed by atoms with E-state index in [0.717, 1.165) is 5.56 Å². The zero-order chi connectivity index (χ0) is 20.8. The number of rotatable bonds is 7. The Morgan fingerprint density at radius 1 is 1.31 bits per heavy atom. The molecule has 154 valence electrons. The predicted octanol–water partition coefficient (Wildman–Crippen LogP) is 2.52. The van der Waals surface area contributed by atoms with Gasteiger partial charge in [0.1, 0.15) is 18.6 Å². The Hall–Kier alpha value is -3.04. The zero-order valence-electron chi connectivity index (χ0n) is 15.8. The monoisotopic (exact) mass is 421 g/mol. The number of methoxy groups -OCH3 is 1. The molecule has 3 rings (SSSR count). The van der Waals surface area contributed by atoms with E-state index in [4.69, 9.17) is 21.1 Å². The van der Waals surface area contributed by atoms with Crippen LogP contribution in [0.5, 0.6) is 11.5 Å². The number of amides is 2. The largest absolute Gasteiger partial charge is 0.493 e. The zero-order valence-corrected chi connectivity index (χ0v) is 16.6. The maximum Gasteiger partial charge on any atom is 0.330 e. The standard InChI is InChI=1S/C19H21ClFN5O3/c1-11-18(23-19(27)26-24-11)25-22-9-12-6-7-16(17(8-12)28-2)29-10-13-14(20)4-3-5-15(13)21/h3-9,11,18,24-25H,10H2,1-2H3,(H2,23,26,27)/b22-9+. The van der Waals surface area contributed by atoms with Crippen molar-refractivity contribution in [2.45, 2.75) is 25.7 Å². The number of nitrogens with one attached hydrogen (secondary N) is 4. The first kappa shape index (κ1) is 20.7. The molecule has 0 saturated carbocycles. The third-order valence-electron chi connectivity index (χ3n) is 4.25. The van der Waals surface area contributed by atoms with Gasteiger partial charge in [0.25, 0.3) is 0 Å². The van der Waals surface area contributed by atoms with Crippen molar-refractivity contribution in [1.82, 2.24) is 21.6 Å². The van der Waals surface area contributed by atoms with Crippen LogP contribution in [0.15, 0.2) is 41.5 Å². The number of hydrazine groups is 1. The van der Waals surface area contributed by atoms with E-state index in [1.54, 1.807) is 30.5 Å². The Labute approximate surface area is 172 Å². The van der Waals surface area contributed by atoms with Crippen LogP contribution < -0.4 is 31.1 Å². The van der Waals surface area contributed by atoms with E-state index in [2.05, 4.69) is 26.7 Å². The quantitative estimate of drug-likeness (QED) is 0.407. The Morgan fingerprint density at radius 3 is 2.90 bits per heavy atom. The number of halogens is 2. The molecule has 0 bridgehead atoms. The number of hydrazone groups is 1. The van der Waals surface area contributed by atoms with Crippen molar-refractivity contribution in [3.8, 4) is 11.5 Å². The van der Waals surface area contributed by atoms with E-state index < -0.39 is 5.82 Å². The number of hydrogen-bond acceptors (Lipinski definition) is 6. The SMILES string of the molecule is COc1cc(/C=N/NC2NC(=O)NNC2C)ccc1OCc1c(F)cccc1Cl. The van der Waals surface area contributed by atoms with E-state index in [1.807, 2.05) is 6.92 Å². The van der Waals surface area contributed by atoms with E-state index in [0.29, 0.717) is 16.5 Å². The molecule has 1 fully saturated rings. The molecule has 2 aromatic rings. The fraction of sp³-hybridized carbons (Fsp3) is 0.263. The van der Waals surface area contributed by atoms with E-state index in [9.17, 15) is 9.18 Å². The maximum absolute atomic E-state index is 13.9. The van der Waals surface area contributed by atoms with E-state index in [-0.39, 0.29) is 30.4 Å². The van der Waals surface area contributed by atoms with Crippen molar-refractivity contribution in [3.05, 3.63) is 58.4 Å². The summed E-state index contributed by atoms with van der Waals surface area (Å²) in [6, 6.07) is 9.26. The van der Waals surface area contributed by atoms with E-state index in [1.165, 1.54) is 19.2 Å². The van der Waals surface area contributed by atoms with Gasteiger partial charge >= 0.3 is 6.03 Å². The van der Waals surface area contributed by atoms with Gasteiger partial charge in [-0.15, -0.1) is 0 Å². The van der Waals surface area contributed by atoms with Gasteiger partial charge in [-0.3, -0.25) is 10.9 Å². The van der Waals surface area contributed by atoms with Gasteiger partial charge in [-0.05, 0) is 42.8 Å². The van der Waals surface area contributed by atoms with Crippen molar-refractivity contribution >= 4 is 23.8 Å². The van der Waals surface area contributed by atoms with Gasteiger partial charge in [0.2, 0.25) is 0 Å². The minimum Gasteiger partial charge on any atom is -0.493 e. The molecule has 0 aliphatic carbocycles. The molecule has 1 aliphatic rings. The van der Waals surface area contributed by atoms with Gasteiger partial charge < -0.3 is 14.8 Å². The highest BCUT2D eigenvalue weighted by Gasteiger charge is 2.23. The van der Waals surface area contributed by atoms with Crippen molar-refractivity contribution in [2.24, 2.45) is 5.10 Å². The van der Waals surface area contributed by atoms with Crippen LogP contribution in [0.4, 0.5) is 9.18 Å². The molecule has 1 aliphatic heterocycles. The van der Waals surface area contributed by atoms with Crippen molar-refractivity contribution < 1.29 is 18.7 Å². The minimum atomic E-state index is -0.431. The Balaban J connectivity index is 1.64. The molecule has 2 aromatic carbocycles. The summed E-state index contributed by atoms with van der Waals surface area (Å²) >= 11 is 6.03. The third-order valence-corrected chi connectivity index (χ3v) is 4.60. The molecule has 8 nitrogen and oxygen atoms in total. The second-order valence-electron chi connectivity index (χ2n) is 6.30. The van der Waals surface area contributed by atoms with E-state index >= 15 is 0 Å². The number of nitrogens with zero attached hydrogens (tertiary/aromatic N) is 1. The molecule has 1 heterocycles. The Morgan fingerprint density at radius 2 is 2.14 bits per heavy atom. The van der Waals surface area contributed by atoms with Crippen molar-refractivity contribution in [3.63, 3.8) is 0 Å². The Kier molecular flexibility index (Phi) is 6.73. The molecule has 0 aromatic heterocycles. The lowest BCUT2D eigenvalue weighted by molar-refractivity contribution is 0.202. The van der Waals surface area contributed by atoms with Gasteiger partial charge in [-0.25, -0.2) is 14.6 Å². The summed E-state index contributed by atoms with van der Waals surface area (Å²) in [4.78, 5) is 11.3. The number of benzene rings is 2. The first-order valence-corrected chi connectivity index (χ1v) is 9.20. The molecular weight excluding hydrogens is 401 g/mol. The third kappa shape index (κ3) is 5.27. The lowest BCUT2D eigenvalue weighted by atomic mass is 10.2. The number of ether oxygens (including phenoxy) is 2. The van der Waals surface area contributed by atoms with Crippen LogP contribution in [0.2, 0.25) is 5.02 Å². The molecular formula is C19H21ClFN5O3. The summed E-state index contributed by atoms with van der Waals surface area (Å²) in [6.07, 6.45) is 1.22. The molecule has 2 unspecified atom stereocenters. The molecule has 10 heteroatoms. The first-order chi connectivity index (χ1) is 14.0. The normalized spacial score (nSPS) is 18.8. The second kappa shape index (κ2) is 9.44. The van der Waals surface area contributed by atoms with Gasteiger partial charge in [0, 0.05) is 5.56 Å². The maximum atomic E-state index is 13.9. The highest BCUT2D eigenvalue weighted by atomic mass is 35.5. The van der Waals surface area contributed by atoms with Crippen LogP contribution in [-0.4, -0.2) is 31.6 Å². The molecule has 0 radical (unpaired) electrons. The summed E-state index contributed by atoms with van der Waals surface area (Å²) in [5.41, 5.74) is 9.17. The first-order valence-electron chi connectivity index (χ1n) is 8.82. The van der Waals surface area contributed by atoms with Gasteiger partial charge in [0.05, 0.1) is 24.4 Å². The van der Waals surface area contributed by atoms with Crippen LogP contribution in [0, 0.1) is 5.82 Å². The summed E-state index contributed by atoms with van der Waals surface area (Å²) < 4.78 is 24.9. The highest BCUT2D eigenvalue weighted by Crippen LogP contribution is 2.29. The summed E-state index contributed by atoms with van der Waals surface area (Å²) in [5.74, 6) is 0.479. The topological polar surface area (TPSA) is 96.0 Å². The number of carbonyl (C=O) groups is 1. The van der Waals surface area contributed by atoms with Crippen LogP contribution in [0.1, 0.15) is 18.1 Å². The number of hydrogen-bond donors (Lipinski definition) is 4. The lowest BCUT2D eigenvalue weighted by Gasteiger charge is -2.30. The molecule has 2 atom stereocenters. The molecule has 0 spiro atoms. The van der Waals surface area contributed by atoms with Crippen molar-refractivity contribution in [2.75, 3.05) is 7.11 Å². The molecule has 1 saturated heterocycles. The summed E-state index contributed by atoms with van der Waals surface area (Å²) in [7, 11) is 1.51. The highest BCUT2D eigenvalue weighted by molar-refractivity contribution is 6.31. The van der Waals surface area contributed by atoms with Gasteiger partial charge in [-0.1, -0.05) is 17.7 Å². The van der Waals surface area contributed by atoms with Gasteiger partial charge in [0.15, 0.2) is 11.5 Å². The van der Waals surface area contributed by atoms with Crippen molar-refractivity contribution in [1.29, 1.82) is 0 Å². The fourth-order valence-electron chi connectivity index (χ4n) is 2.61. The summed E-state index contributed by atoms with van der Waals surface area (Å²) in [6.45, 7) is 1.85. The average molecular weight is 422 g/mol. The number of carbonyl (C=O) groups excluding carboxylic acids is 1. The predicted molar refractivity (Wildman–Crippen MR) is 108 cm³/mol. The van der Waals surface area contributed by atoms with Crippen LogP contribution >= 0.6 is 11.6 Å². The van der Waals surface area contributed by atoms with Crippen LogP contribution in [0.25, 0.3) is 0 Å². The fourth-order valence-corrected chi connectivity index (χ4v) is 2.82. The molecule has 29 heavy (non-hydrogen) atoms. The average Bonchev–Trinajstić information content (AvgIpc) is 2.70. The summed E-state index contributed by atoms with van der Waals surface area (Å²) in [5, 5.41) is 7.15. The molecule has 2 amide bonds. The second-order valence-corrected chi connectivity index (χ2v) is 6.70. The number of urea groups is 1. The van der Waals surface area contributed by atoms with Crippen LogP contribution in [0.3, 0.4) is 0 Å². The van der Waals surface area contributed by atoms with Gasteiger partial charge in [-0.2, -0.15) is 5.10 Å². The minimum absolute atomic E-state index is 0.0306. The Bertz CT molecular complexity index is 891.